The second-order valence-corrected chi connectivity index (χ2v) is 7.72. The van der Waals surface area contributed by atoms with Gasteiger partial charge in [-0.15, -0.1) is 11.3 Å². The highest BCUT2D eigenvalue weighted by Crippen LogP contribution is 2.42. The summed E-state index contributed by atoms with van der Waals surface area (Å²) in [4.78, 5) is 7.28. The van der Waals surface area contributed by atoms with E-state index in [0.29, 0.717) is 12.0 Å². The van der Waals surface area contributed by atoms with Gasteiger partial charge in [0.25, 0.3) is 0 Å². The van der Waals surface area contributed by atoms with Crippen LogP contribution in [-0.2, 0) is 0 Å². The quantitative estimate of drug-likeness (QED) is 0.809. The molecule has 0 saturated heterocycles. The lowest BCUT2D eigenvalue weighted by Gasteiger charge is -2.42. The van der Waals surface area contributed by atoms with Crippen molar-refractivity contribution in [2.24, 2.45) is 0 Å². The van der Waals surface area contributed by atoms with Crippen LogP contribution in [0, 0.1) is 0 Å². The van der Waals surface area contributed by atoms with Gasteiger partial charge in [0.2, 0.25) is 0 Å². The first kappa shape index (κ1) is 13.5. The van der Waals surface area contributed by atoms with E-state index < -0.39 is 0 Å². The van der Waals surface area contributed by atoms with Crippen molar-refractivity contribution in [1.29, 1.82) is 0 Å². The molecule has 1 saturated carbocycles. The molecule has 1 aromatic carbocycles. The molecule has 1 fully saturated rings. The van der Waals surface area contributed by atoms with E-state index >= 15 is 0 Å². The number of benzene rings is 1. The molecule has 0 aliphatic heterocycles. The van der Waals surface area contributed by atoms with Crippen molar-refractivity contribution in [2.75, 3.05) is 7.05 Å². The maximum absolute atomic E-state index is 4.79. The van der Waals surface area contributed by atoms with Gasteiger partial charge >= 0.3 is 0 Å². The van der Waals surface area contributed by atoms with Crippen LogP contribution in [0.3, 0.4) is 0 Å². The number of halogens is 1. The number of fused-ring (bicyclic) bond motifs is 1. The second-order valence-electron chi connectivity index (χ2n) is 5.75. The smallest absolute Gasteiger partial charge is 0.0970 e. The predicted molar refractivity (Wildman–Crippen MR) is 86.0 cm³/mol. The Morgan fingerprint density at radius 1 is 1.37 bits per heavy atom. The Bertz CT molecular complexity index is 587. The Morgan fingerprint density at radius 2 is 2.11 bits per heavy atom. The van der Waals surface area contributed by atoms with Crippen LogP contribution in [0.1, 0.15) is 37.6 Å². The standard InChI is InChI=1S/C15H19BrN2S/c1-9(2)18(3)12-6-10(7-12)15-17-13-5-4-11(16)8-14(13)19-15/h4-5,8-10,12H,6-7H2,1-3H3. The molecule has 1 aromatic heterocycles. The van der Waals surface area contributed by atoms with Gasteiger partial charge in [0, 0.05) is 22.5 Å². The van der Waals surface area contributed by atoms with Gasteiger partial charge in [0.15, 0.2) is 0 Å². The summed E-state index contributed by atoms with van der Waals surface area (Å²) < 4.78 is 2.44. The molecular formula is C15H19BrN2S. The molecule has 0 atom stereocenters. The molecule has 0 radical (unpaired) electrons. The number of aromatic nitrogens is 1. The summed E-state index contributed by atoms with van der Waals surface area (Å²) in [5.74, 6) is 0.669. The molecule has 102 valence electrons. The second kappa shape index (κ2) is 5.15. The maximum atomic E-state index is 4.79. The van der Waals surface area contributed by atoms with Gasteiger partial charge in [0.05, 0.1) is 15.2 Å². The zero-order valence-electron chi connectivity index (χ0n) is 11.6. The van der Waals surface area contributed by atoms with Gasteiger partial charge in [-0.2, -0.15) is 0 Å². The lowest BCUT2D eigenvalue weighted by Crippen LogP contribution is -2.44. The molecule has 0 spiro atoms. The fourth-order valence-corrected chi connectivity index (χ4v) is 4.28. The van der Waals surface area contributed by atoms with Gasteiger partial charge in [-0.3, -0.25) is 0 Å². The fraction of sp³-hybridized carbons (Fsp3) is 0.533. The molecule has 2 aromatic rings. The molecule has 1 aliphatic carbocycles. The van der Waals surface area contributed by atoms with Crippen molar-refractivity contribution < 1.29 is 0 Å². The van der Waals surface area contributed by atoms with Crippen LogP contribution in [0.5, 0.6) is 0 Å². The Labute approximate surface area is 127 Å². The summed E-state index contributed by atoms with van der Waals surface area (Å²) in [5, 5.41) is 1.32. The van der Waals surface area contributed by atoms with E-state index in [1.165, 1.54) is 22.5 Å². The van der Waals surface area contributed by atoms with Crippen LogP contribution >= 0.6 is 27.3 Å². The molecule has 0 N–H and O–H groups in total. The van der Waals surface area contributed by atoms with Gasteiger partial charge in [-0.05, 0) is 51.9 Å². The maximum Gasteiger partial charge on any atom is 0.0970 e. The molecule has 2 nitrogen and oxygen atoms in total. The Kier molecular flexibility index (Phi) is 3.67. The summed E-state index contributed by atoms with van der Waals surface area (Å²) in [7, 11) is 2.24. The van der Waals surface area contributed by atoms with E-state index in [0.717, 1.165) is 16.0 Å². The van der Waals surface area contributed by atoms with Crippen LogP contribution < -0.4 is 0 Å². The van der Waals surface area contributed by atoms with E-state index in [-0.39, 0.29) is 0 Å². The Balaban J connectivity index is 1.73. The molecule has 1 aliphatic rings. The lowest BCUT2D eigenvalue weighted by molar-refractivity contribution is 0.108. The highest BCUT2D eigenvalue weighted by molar-refractivity contribution is 9.10. The van der Waals surface area contributed by atoms with E-state index in [1.807, 2.05) is 11.3 Å². The van der Waals surface area contributed by atoms with Gasteiger partial charge < -0.3 is 4.90 Å². The Hall–Kier alpha value is -0.450. The van der Waals surface area contributed by atoms with E-state index in [2.05, 4.69) is 59.9 Å². The zero-order valence-corrected chi connectivity index (χ0v) is 14.0. The summed E-state index contributed by atoms with van der Waals surface area (Å²) in [6.45, 7) is 4.53. The number of hydrogen-bond donors (Lipinski definition) is 0. The minimum atomic E-state index is 0.636. The molecule has 3 rings (SSSR count). The van der Waals surface area contributed by atoms with E-state index in [9.17, 15) is 0 Å². The summed E-state index contributed by atoms with van der Waals surface area (Å²) >= 11 is 5.38. The summed E-state index contributed by atoms with van der Waals surface area (Å²) in [5.41, 5.74) is 1.14. The topological polar surface area (TPSA) is 16.1 Å². The largest absolute Gasteiger partial charge is 0.301 e. The predicted octanol–water partition coefficient (Wildman–Crippen LogP) is 4.65. The molecule has 1 heterocycles. The zero-order chi connectivity index (χ0) is 13.6. The van der Waals surface area contributed by atoms with Crippen LogP contribution in [0.15, 0.2) is 22.7 Å². The van der Waals surface area contributed by atoms with Crippen molar-refractivity contribution in [3.05, 3.63) is 27.7 Å². The van der Waals surface area contributed by atoms with Crippen molar-refractivity contribution in [2.45, 2.75) is 44.7 Å². The minimum Gasteiger partial charge on any atom is -0.301 e. The highest BCUT2D eigenvalue weighted by Gasteiger charge is 2.35. The van der Waals surface area contributed by atoms with Crippen molar-refractivity contribution in [3.63, 3.8) is 0 Å². The first-order chi connectivity index (χ1) is 9.04. The average molecular weight is 339 g/mol. The SMILES string of the molecule is CC(C)N(C)C1CC(c2nc3ccc(Br)cc3s2)C1. The van der Waals surface area contributed by atoms with Gasteiger partial charge in [-0.25, -0.2) is 4.98 Å². The molecule has 19 heavy (non-hydrogen) atoms. The number of thiazole rings is 1. The molecule has 4 heteroatoms. The third-order valence-corrected chi connectivity index (χ3v) is 5.89. The number of hydrogen-bond acceptors (Lipinski definition) is 3. The first-order valence-electron chi connectivity index (χ1n) is 6.82. The summed E-state index contributed by atoms with van der Waals surface area (Å²) in [6, 6.07) is 7.73. The van der Waals surface area contributed by atoms with E-state index in [1.54, 1.807) is 0 Å². The van der Waals surface area contributed by atoms with Gasteiger partial charge in [0.1, 0.15) is 0 Å². The van der Waals surface area contributed by atoms with Crippen LogP contribution in [0.2, 0.25) is 0 Å². The normalized spacial score (nSPS) is 23.3. The van der Waals surface area contributed by atoms with Crippen LogP contribution in [0.25, 0.3) is 10.2 Å². The molecule has 0 unspecified atom stereocenters. The first-order valence-corrected chi connectivity index (χ1v) is 8.43. The number of nitrogens with zero attached hydrogens (tertiary/aromatic N) is 2. The van der Waals surface area contributed by atoms with Crippen LogP contribution in [0.4, 0.5) is 0 Å². The van der Waals surface area contributed by atoms with E-state index in [4.69, 9.17) is 4.98 Å². The molecule has 0 bridgehead atoms. The molecular weight excluding hydrogens is 320 g/mol. The molecule has 0 amide bonds. The monoisotopic (exact) mass is 338 g/mol. The third kappa shape index (κ3) is 2.58. The highest BCUT2D eigenvalue weighted by atomic mass is 79.9. The fourth-order valence-electron chi connectivity index (χ4n) is 2.63. The summed E-state index contributed by atoms with van der Waals surface area (Å²) in [6.07, 6.45) is 2.52. The minimum absolute atomic E-state index is 0.636. The number of rotatable bonds is 3. The third-order valence-electron chi connectivity index (χ3n) is 4.22. The van der Waals surface area contributed by atoms with Crippen molar-refractivity contribution in [3.8, 4) is 0 Å². The van der Waals surface area contributed by atoms with Crippen molar-refractivity contribution in [1.82, 2.24) is 9.88 Å². The van der Waals surface area contributed by atoms with Crippen molar-refractivity contribution >= 4 is 37.5 Å². The van der Waals surface area contributed by atoms with Crippen LogP contribution in [-0.4, -0.2) is 29.0 Å². The van der Waals surface area contributed by atoms with Gasteiger partial charge in [-0.1, -0.05) is 15.9 Å². The Morgan fingerprint density at radius 3 is 2.79 bits per heavy atom. The average Bonchev–Trinajstić information content (AvgIpc) is 2.69. The lowest BCUT2D eigenvalue weighted by atomic mass is 9.79.